The lowest BCUT2D eigenvalue weighted by Gasteiger charge is -2.11. The lowest BCUT2D eigenvalue weighted by atomic mass is 10.1. The van der Waals surface area contributed by atoms with Crippen LogP contribution in [0.3, 0.4) is 0 Å². The van der Waals surface area contributed by atoms with Crippen LogP contribution in [0.2, 0.25) is 0 Å². The first kappa shape index (κ1) is 11.6. The monoisotopic (exact) mass is 232 g/mol. The SMILES string of the molecule is COc1nnc([C@H](N)Cc2ccccc2)n1C. The zero-order valence-electron chi connectivity index (χ0n) is 10.00. The maximum absolute atomic E-state index is 6.12. The summed E-state index contributed by atoms with van der Waals surface area (Å²) in [4.78, 5) is 0. The predicted octanol–water partition coefficient (Wildman–Crippen LogP) is 1.07. The van der Waals surface area contributed by atoms with Crippen molar-refractivity contribution in [2.45, 2.75) is 12.5 Å². The molecule has 2 aromatic rings. The molecule has 1 aromatic heterocycles. The first-order valence-electron chi connectivity index (χ1n) is 5.45. The van der Waals surface area contributed by atoms with Gasteiger partial charge in [0.2, 0.25) is 0 Å². The fraction of sp³-hybridized carbons (Fsp3) is 0.333. The van der Waals surface area contributed by atoms with E-state index in [4.69, 9.17) is 10.5 Å². The second kappa shape index (κ2) is 4.97. The summed E-state index contributed by atoms with van der Waals surface area (Å²) in [6.45, 7) is 0. The van der Waals surface area contributed by atoms with E-state index in [1.165, 1.54) is 5.56 Å². The number of benzene rings is 1. The van der Waals surface area contributed by atoms with Crippen LogP contribution < -0.4 is 10.5 Å². The summed E-state index contributed by atoms with van der Waals surface area (Å²) in [5.74, 6) is 0.728. The van der Waals surface area contributed by atoms with Gasteiger partial charge in [-0.1, -0.05) is 35.4 Å². The van der Waals surface area contributed by atoms with Gasteiger partial charge >= 0.3 is 6.01 Å². The molecule has 5 heteroatoms. The highest BCUT2D eigenvalue weighted by atomic mass is 16.5. The van der Waals surface area contributed by atoms with E-state index in [1.807, 2.05) is 37.4 Å². The van der Waals surface area contributed by atoms with Crippen LogP contribution in [0.5, 0.6) is 6.01 Å². The second-order valence-electron chi connectivity index (χ2n) is 3.90. The molecular formula is C12H16N4O. The molecule has 2 N–H and O–H groups in total. The van der Waals surface area contributed by atoms with Crippen LogP contribution in [0.4, 0.5) is 0 Å². The Morgan fingerprint density at radius 1 is 1.29 bits per heavy atom. The van der Waals surface area contributed by atoms with Crippen molar-refractivity contribution in [1.29, 1.82) is 0 Å². The number of nitrogens with two attached hydrogens (primary N) is 1. The Morgan fingerprint density at radius 3 is 2.59 bits per heavy atom. The minimum Gasteiger partial charge on any atom is -0.467 e. The molecule has 2 rings (SSSR count). The van der Waals surface area contributed by atoms with Crippen LogP contribution in [-0.2, 0) is 13.5 Å². The molecule has 0 fully saturated rings. The van der Waals surface area contributed by atoms with Crippen LogP contribution in [0.25, 0.3) is 0 Å². The molecule has 1 heterocycles. The average Bonchev–Trinajstić information content (AvgIpc) is 2.71. The third-order valence-electron chi connectivity index (χ3n) is 2.68. The molecule has 0 aliphatic heterocycles. The molecule has 0 aliphatic carbocycles. The van der Waals surface area contributed by atoms with Crippen LogP contribution in [-0.4, -0.2) is 21.9 Å². The minimum absolute atomic E-state index is 0.182. The fourth-order valence-electron chi connectivity index (χ4n) is 1.79. The van der Waals surface area contributed by atoms with Gasteiger partial charge in [-0.2, -0.15) is 0 Å². The van der Waals surface area contributed by atoms with Gasteiger partial charge in [-0.05, 0) is 12.0 Å². The number of hydrogen-bond acceptors (Lipinski definition) is 4. The number of rotatable bonds is 4. The van der Waals surface area contributed by atoms with Gasteiger partial charge in [-0.3, -0.25) is 4.57 Å². The standard InChI is InChI=1S/C12H16N4O/c1-16-11(14-15-12(16)17-2)10(13)8-9-6-4-3-5-7-9/h3-7,10H,8,13H2,1-2H3/t10-/m1/s1. The molecule has 0 aliphatic rings. The molecule has 17 heavy (non-hydrogen) atoms. The summed E-state index contributed by atoms with van der Waals surface area (Å²) >= 11 is 0. The summed E-state index contributed by atoms with van der Waals surface area (Å²) in [6, 6.07) is 10.4. The summed E-state index contributed by atoms with van der Waals surface area (Å²) in [6.07, 6.45) is 0.733. The van der Waals surface area contributed by atoms with E-state index in [1.54, 1.807) is 11.7 Å². The van der Waals surface area contributed by atoms with Gasteiger partial charge in [0.25, 0.3) is 0 Å². The highest BCUT2D eigenvalue weighted by Gasteiger charge is 2.16. The normalized spacial score (nSPS) is 12.4. The average molecular weight is 232 g/mol. The largest absolute Gasteiger partial charge is 0.467 e. The van der Waals surface area contributed by atoms with E-state index in [0.717, 1.165) is 12.2 Å². The van der Waals surface area contributed by atoms with Gasteiger partial charge in [0.15, 0.2) is 5.82 Å². The second-order valence-corrected chi connectivity index (χ2v) is 3.90. The highest BCUT2D eigenvalue weighted by Crippen LogP contribution is 2.16. The Morgan fingerprint density at radius 2 is 2.00 bits per heavy atom. The van der Waals surface area contributed by atoms with Crippen molar-refractivity contribution >= 4 is 0 Å². The zero-order chi connectivity index (χ0) is 12.3. The van der Waals surface area contributed by atoms with E-state index >= 15 is 0 Å². The van der Waals surface area contributed by atoms with Gasteiger partial charge in [0.05, 0.1) is 13.2 Å². The number of nitrogens with zero attached hydrogens (tertiary/aromatic N) is 3. The Bertz CT molecular complexity index is 481. The molecule has 1 atom stereocenters. The summed E-state index contributed by atoms with van der Waals surface area (Å²) in [7, 11) is 3.41. The van der Waals surface area contributed by atoms with Gasteiger partial charge in [-0.25, -0.2) is 0 Å². The van der Waals surface area contributed by atoms with Crippen LogP contribution in [0, 0.1) is 0 Å². The quantitative estimate of drug-likeness (QED) is 0.856. The van der Waals surface area contributed by atoms with Crippen molar-refractivity contribution in [3.8, 4) is 6.01 Å². The maximum Gasteiger partial charge on any atom is 0.316 e. The van der Waals surface area contributed by atoms with E-state index in [0.29, 0.717) is 6.01 Å². The molecule has 1 aromatic carbocycles. The van der Waals surface area contributed by atoms with Crippen molar-refractivity contribution in [1.82, 2.24) is 14.8 Å². The third-order valence-corrected chi connectivity index (χ3v) is 2.68. The van der Waals surface area contributed by atoms with E-state index in [2.05, 4.69) is 10.2 Å². The van der Waals surface area contributed by atoms with E-state index < -0.39 is 0 Å². The maximum atomic E-state index is 6.12. The topological polar surface area (TPSA) is 66.0 Å². The van der Waals surface area contributed by atoms with Crippen molar-refractivity contribution in [2.75, 3.05) is 7.11 Å². The van der Waals surface area contributed by atoms with Crippen molar-refractivity contribution in [3.05, 3.63) is 41.7 Å². The number of ether oxygens (including phenoxy) is 1. The lowest BCUT2D eigenvalue weighted by molar-refractivity contribution is 0.362. The number of methoxy groups -OCH3 is 1. The van der Waals surface area contributed by atoms with Crippen molar-refractivity contribution in [3.63, 3.8) is 0 Å². The molecule has 0 saturated carbocycles. The van der Waals surface area contributed by atoms with Gasteiger partial charge < -0.3 is 10.5 Å². The number of hydrogen-bond donors (Lipinski definition) is 1. The fourth-order valence-corrected chi connectivity index (χ4v) is 1.79. The Hall–Kier alpha value is -1.88. The Balaban J connectivity index is 2.14. The van der Waals surface area contributed by atoms with E-state index in [9.17, 15) is 0 Å². The third kappa shape index (κ3) is 2.45. The smallest absolute Gasteiger partial charge is 0.316 e. The van der Waals surface area contributed by atoms with Crippen molar-refractivity contribution < 1.29 is 4.74 Å². The molecule has 0 spiro atoms. The Kier molecular flexibility index (Phi) is 3.39. The Labute approximate surface area is 100 Å². The minimum atomic E-state index is -0.182. The highest BCUT2D eigenvalue weighted by molar-refractivity contribution is 5.17. The first-order valence-corrected chi connectivity index (χ1v) is 5.45. The summed E-state index contributed by atoms with van der Waals surface area (Å²) in [5, 5.41) is 7.95. The van der Waals surface area contributed by atoms with Crippen LogP contribution >= 0.6 is 0 Å². The predicted molar refractivity (Wildman–Crippen MR) is 64.6 cm³/mol. The summed E-state index contributed by atoms with van der Waals surface area (Å²) in [5.41, 5.74) is 7.30. The van der Waals surface area contributed by atoms with E-state index in [-0.39, 0.29) is 6.04 Å². The number of aromatic nitrogens is 3. The molecular weight excluding hydrogens is 216 g/mol. The molecule has 90 valence electrons. The molecule has 0 saturated heterocycles. The summed E-state index contributed by atoms with van der Waals surface area (Å²) < 4.78 is 6.83. The van der Waals surface area contributed by atoms with Crippen LogP contribution in [0.15, 0.2) is 30.3 Å². The van der Waals surface area contributed by atoms with Gasteiger partial charge in [-0.15, -0.1) is 5.10 Å². The van der Waals surface area contributed by atoms with Crippen molar-refractivity contribution in [2.24, 2.45) is 12.8 Å². The van der Waals surface area contributed by atoms with Gasteiger partial charge in [0, 0.05) is 7.05 Å². The zero-order valence-corrected chi connectivity index (χ0v) is 10.00. The molecule has 0 unspecified atom stereocenters. The lowest BCUT2D eigenvalue weighted by Crippen LogP contribution is -2.18. The van der Waals surface area contributed by atoms with Gasteiger partial charge in [0.1, 0.15) is 0 Å². The molecule has 0 bridgehead atoms. The molecule has 0 amide bonds. The molecule has 5 nitrogen and oxygen atoms in total. The molecule has 0 radical (unpaired) electrons. The first-order chi connectivity index (χ1) is 8.22. The van der Waals surface area contributed by atoms with Crippen LogP contribution in [0.1, 0.15) is 17.4 Å².